The van der Waals surface area contributed by atoms with E-state index in [2.05, 4.69) is 16.8 Å². The van der Waals surface area contributed by atoms with Gasteiger partial charge in [-0.05, 0) is 70.3 Å². The van der Waals surface area contributed by atoms with Crippen molar-refractivity contribution >= 4 is 29.3 Å². The molecular formula is C30H42ClF3N6O2. The molecule has 0 saturated carbocycles. The minimum Gasteiger partial charge on any atom is -0.447 e. The highest BCUT2D eigenvalue weighted by Gasteiger charge is 2.41. The smallest absolute Gasteiger partial charge is 0.416 e. The molecule has 0 N–H and O–H groups in total. The van der Waals surface area contributed by atoms with E-state index >= 15 is 0 Å². The number of nitrogens with zero attached hydrogens (tertiary/aromatic N) is 6. The van der Waals surface area contributed by atoms with Crippen LogP contribution in [-0.2, 0) is 17.5 Å². The number of carbonyl (C=O) groups excluding carboxylic acids is 1. The first-order chi connectivity index (χ1) is 19.9. The molecule has 0 spiro atoms. The number of alkyl halides is 3. The molecule has 0 aliphatic carbocycles. The highest BCUT2D eigenvalue weighted by Crippen LogP contribution is 2.36. The predicted molar refractivity (Wildman–Crippen MR) is 159 cm³/mol. The molecule has 42 heavy (non-hydrogen) atoms. The van der Waals surface area contributed by atoms with E-state index in [0.29, 0.717) is 37.2 Å². The number of piperazine rings is 1. The maximum absolute atomic E-state index is 13.7. The van der Waals surface area contributed by atoms with Crippen LogP contribution in [0.15, 0.2) is 30.6 Å². The van der Waals surface area contributed by atoms with Crippen molar-refractivity contribution in [2.75, 3.05) is 43.0 Å². The molecular weight excluding hydrogens is 569 g/mol. The van der Waals surface area contributed by atoms with Crippen LogP contribution in [0.5, 0.6) is 0 Å². The lowest BCUT2D eigenvalue weighted by atomic mass is 9.87. The number of anilines is 2. The van der Waals surface area contributed by atoms with E-state index in [1.54, 1.807) is 18.5 Å². The van der Waals surface area contributed by atoms with Gasteiger partial charge in [-0.2, -0.15) is 13.2 Å². The Labute approximate surface area is 251 Å². The van der Waals surface area contributed by atoms with Crippen molar-refractivity contribution in [3.63, 3.8) is 0 Å². The summed E-state index contributed by atoms with van der Waals surface area (Å²) >= 11 is 6.16. The summed E-state index contributed by atoms with van der Waals surface area (Å²) in [5, 5.41) is 0.0234. The first-order valence-corrected chi connectivity index (χ1v) is 15.1. The SMILES string of the molecule is CC[C@@H]1C[C@H](N(Cc2cc(Cl)cc(C(F)(F)F)c2)c2ncc(N3CCN(C)CC3)cn2)C[C@H](CC)N1C(=O)OC(C)C. The van der Waals surface area contributed by atoms with Gasteiger partial charge in [0.25, 0.3) is 0 Å². The van der Waals surface area contributed by atoms with Gasteiger partial charge in [0, 0.05) is 55.9 Å². The lowest BCUT2D eigenvalue weighted by Gasteiger charge is -2.47. The summed E-state index contributed by atoms with van der Waals surface area (Å²) < 4.78 is 46.6. The van der Waals surface area contributed by atoms with Gasteiger partial charge < -0.3 is 24.3 Å². The molecule has 3 atom stereocenters. The first-order valence-electron chi connectivity index (χ1n) is 14.8. The number of aromatic nitrogens is 2. The highest BCUT2D eigenvalue weighted by atomic mass is 35.5. The van der Waals surface area contributed by atoms with Gasteiger partial charge in [0.15, 0.2) is 0 Å². The number of likely N-dealkylation sites (N-methyl/N-ethyl adjacent to an activating group) is 1. The zero-order valence-corrected chi connectivity index (χ0v) is 25.8. The zero-order valence-electron chi connectivity index (χ0n) is 25.1. The fourth-order valence-corrected chi connectivity index (χ4v) is 6.20. The molecule has 1 amide bonds. The lowest BCUT2D eigenvalue weighted by Crippen LogP contribution is -2.57. The zero-order chi connectivity index (χ0) is 30.6. The predicted octanol–water partition coefficient (Wildman–Crippen LogP) is 6.47. The van der Waals surface area contributed by atoms with E-state index in [1.807, 2.05) is 37.5 Å². The van der Waals surface area contributed by atoms with E-state index in [4.69, 9.17) is 26.3 Å². The van der Waals surface area contributed by atoms with Crippen LogP contribution >= 0.6 is 11.6 Å². The molecule has 0 radical (unpaired) electrons. The molecule has 2 aliphatic rings. The van der Waals surface area contributed by atoms with Crippen molar-refractivity contribution in [2.45, 2.75) is 90.3 Å². The normalized spacial score (nSPS) is 22.0. The molecule has 3 heterocycles. The summed E-state index contributed by atoms with van der Waals surface area (Å²) in [6.45, 7) is 11.5. The maximum Gasteiger partial charge on any atom is 0.416 e. The van der Waals surface area contributed by atoms with Crippen molar-refractivity contribution in [3.05, 3.63) is 46.7 Å². The maximum atomic E-state index is 13.7. The van der Waals surface area contributed by atoms with E-state index < -0.39 is 11.7 Å². The molecule has 0 unspecified atom stereocenters. The second-order valence-electron chi connectivity index (χ2n) is 11.6. The Bertz CT molecular complexity index is 1180. The average Bonchev–Trinajstić information content (AvgIpc) is 2.94. The van der Waals surface area contributed by atoms with Crippen LogP contribution in [0.2, 0.25) is 5.02 Å². The van der Waals surface area contributed by atoms with Crippen molar-refractivity contribution in [1.29, 1.82) is 0 Å². The number of hydrogen-bond acceptors (Lipinski definition) is 7. The van der Waals surface area contributed by atoms with Crippen LogP contribution < -0.4 is 9.80 Å². The van der Waals surface area contributed by atoms with Crippen molar-refractivity contribution in [1.82, 2.24) is 19.8 Å². The van der Waals surface area contributed by atoms with E-state index in [0.717, 1.165) is 44.0 Å². The molecule has 8 nitrogen and oxygen atoms in total. The van der Waals surface area contributed by atoms with Gasteiger partial charge in [-0.1, -0.05) is 25.4 Å². The molecule has 232 valence electrons. The van der Waals surface area contributed by atoms with Crippen LogP contribution in [0.4, 0.5) is 29.6 Å². The van der Waals surface area contributed by atoms with E-state index in [1.165, 1.54) is 0 Å². The number of likely N-dealkylation sites (tertiary alicyclic amines) is 1. The van der Waals surface area contributed by atoms with Crippen LogP contribution in [0.25, 0.3) is 0 Å². The summed E-state index contributed by atoms with van der Waals surface area (Å²) in [5.74, 6) is 0.439. The minimum atomic E-state index is -4.52. The van der Waals surface area contributed by atoms with Gasteiger partial charge >= 0.3 is 12.3 Å². The van der Waals surface area contributed by atoms with Gasteiger partial charge in [0.05, 0.1) is 29.7 Å². The second kappa shape index (κ2) is 13.7. The first kappa shape index (κ1) is 32.1. The Hall–Kier alpha value is -2.79. The van der Waals surface area contributed by atoms with Crippen LogP contribution in [0.1, 0.15) is 64.5 Å². The number of benzene rings is 1. The summed E-state index contributed by atoms with van der Waals surface area (Å²) in [6.07, 6.45) is 1.15. The molecule has 2 saturated heterocycles. The van der Waals surface area contributed by atoms with Gasteiger partial charge in [-0.25, -0.2) is 14.8 Å². The summed E-state index contributed by atoms with van der Waals surface area (Å²) in [4.78, 5) is 30.9. The van der Waals surface area contributed by atoms with Crippen LogP contribution in [0.3, 0.4) is 0 Å². The van der Waals surface area contributed by atoms with Gasteiger partial charge in [-0.3, -0.25) is 0 Å². The van der Waals surface area contributed by atoms with Crippen molar-refractivity contribution < 1.29 is 22.7 Å². The molecule has 12 heteroatoms. The number of piperidine rings is 1. The standard InChI is InChI=1S/C30H42ClF3N6O2/c1-6-24-15-26(16-25(7-2)40(24)29(41)42-20(3)4)39(19-21-12-22(30(32,33)34)14-23(31)13-21)28-35-17-27(18-36-28)38-10-8-37(5)9-11-38/h12-14,17-18,20,24-26H,6-11,15-16,19H2,1-5H3/t24-,25+,26+. The number of amides is 1. The molecule has 2 aliphatic heterocycles. The monoisotopic (exact) mass is 610 g/mol. The highest BCUT2D eigenvalue weighted by molar-refractivity contribution is 6.30. The molecule has 0 bridgehead atoms. The third-order valence-corrected chi connectivity index (χ3v) is 8.41. The Morgan fingerprint density at radius 2 is 1.64 bits per heavy atom. The average molecular weight is 611 g/mol. The second-order valence-corrected chi connectivity index (χ2v) is 12.0. The largest absolute Gasteiger partial charge is 0.447 e. The van der Waals surface area contributed by atoms with Crippen molar-refractivity contribution in [3.8, 4) is 0 Å². The third kappa shape index (κ3) is 7.78. The topological polar surface area (TPSA) is 65.0 Å². The summed E-state index contributed by atoms with van der Waals surface area (Å²) in [5.41, 5.74) is 0.544. The number of halogens is 4. The number of hydrogen-bond donors (Lipinski definition) is 0. The van der Waals surface area contributed by atoms with Crippen LogP contribution in [-0.4, -0.2) is 83.3 Å². The van der Waals surface area contributed by atoms with Gasteiger partial charge in [0.1, 0.15) is 0 Å². The minimum absolute atomic E-state index is 0.0234. The number of rotatable bonds is 8. The Kier molecular flexibility index (Phi) is 10.5. The van der Waals surface area contributed by atoms with E-state index in [9.17, 15) is 18.0 Å². The molecule has 2 fully saturated rings. The Morgan fingerprint density at radius 3 is 2.17 bits per heavy atom. The number of carbonyl (C=O) groups is 1. The fraction of sp³-hybridized carbons (Fsp3) is 0.633. The lowest BCUT2D eigenvalue weighted by molar-refractivity contribution is -0.137. The van der Waals surface area contributed by atoms with Crippen LogP contribution in [0, 0.1) is 0 Å². The van der Waals surface area contributed by atoms with Gasteiger partial charge in [0.2, 0.25) is 5.95 Å². The molecule has 2 aromatic rings. The summed E-state index contributed by atoms with van der Waals surface area (Å²) in [6, 6.07) is 3.32. The quantitative estimate of drug-likeness (QED) is 0.339. The molecule has 1 aromatic carbocycles. The molecule has 1 aromatic heterocycles. The summed E-state index contributed by atoms with van der Waals surface area (Å²) in [7, 11) is 2.09. The van der Waals surface area contributed by atoms with Crippen molar-refractivity contribution in [2.24, 2.45) is 0 Å². The van der Waals surface area contributed by atoms with E-state index in [-0.39, 0.29) is 41.9 Å². The fourth-order valence-electron chi connectivity index (χ4n) is 5.95. The van der Waals surface area contributed by atoms with Gasteiger partial charge in [-0.15, -0.1) is 0 Å². The Balaban J connectivity index is 1.67. The third-order valence-electron chi connectivity index (χ3n) is 8.19. The Morgan fingerprint density at radius 1 is 1.05 bits per heavy atom. The number of ether oxygens (including phenoxy) is 1. The molecule has 4 rings (SSSR count).